The molecular weight excluding hydrogens is 428 g/mol. The van der Waals surface area contributed by atoms with Crippen LogP contribution in [0, 0.1) is 11.8 Å². The van der Waals surface area contributed by atoms with Crippen molar-refractivity contribution in [2.75, 3.05) is 10.6 Å². The topological polar surface area (TPSA) is 92.3 Å². The first-order valence-corrected chi connectivity index (χ1v) is 12.5. The first-order valence-electron chi connectivity index (χ1n) is 12.5. The van der Waals surface area contributed by atoms with Gasteiger partial charge in [0.25, 0.3) is 0 Å². The van der Waals surface area contributed by atoms with Gasteiger partial charge in [-0.05, 0) is 62.1 Å². The molecule has 2 amide bonds. The average Bonchev–Trinajstić information content (AvgIpc) is 2.88. The second-order valence-corrected chi connectivity index (χ2v) is 9.83. The van der Waals surface area contributed by atoms with Crippen LogP contribution in [0.3, 0.4) is 0 Å². The number of nitrogens with one attached hydrogen (secondary N) is 2. The summed E-state index contributed by atoms with van der Waals surface area (Å²) in [5.41, 5.74) is 2.31. The number of rotatable bonds is 4. The van der Waals surface area contributed by atoms with Gasteiger partial charge >= 0.3 is 0 Å². The molecule has 0 unspecified atom stereocenters. The summed E-state index contributed by atoms with van der Waals surface area (Å²) in [5.74, 6) is -0.548. The van der Waals surface area contributed by atoms with E-state index < -0.39 is 0 Å². The molecule has 5 rings (SSSR count). The van der Waals surface area contributed by atoms with Crippen LogP contribution >= 0.6 is 0 Å². The van der Waals surface area contributed by atoms with Gasteiger partial charge in [0.1, 0.15) is 0 Å². The fourth-order valence-corrected chi connectivity index (χ4v) is 5.52. The Morgan fingerprint density at radius 2 is 0.941 bits per heavy atom. The van der Waals surface area contributed by atoms with Crippen molar-refractivity contribution in [2.45, 2.75) is 64.2 Å². The van der Waals surface area contributed by atoms with Gasteiger partial charge in [0.2, 0.25) is 11.8 Å². The van der Waals surface area contributed by atoms with Crippen LogP contribution in [0.1, 0.15) is 96.1 Å². The molecule has 2 saturated carbocycles. The van der Waals surface area contributed by atoms with Gasteiger partial charge in [0.15, 0.2) is 11.6 Å². The van der Waals surface area contributed by atoms with Gasteiger partial charge in [-0.2, -0.15) is 0 Å². The Hall–Kier alpha value is -3.28. The van der Waals surface area contributed by atoms with E-state index in [2.05, 4.69) is 10.6 Å². The van der Waals surface area contributed by atoms with Crippen molar-refractivity contribution in [3.05, 3.63) is 58.7 Å². The lowest BCUT2D eigenvalue weighted by Crippen LogP contribution is -2.26. The minimum Gasteiger partial charge on any atom is -0.326 e. The zero-order valence-corrected chi connectivity index (χ0v) is 19.3. The van der Waals surface area contributed by atoms with E-state index in [1.54, 1.807) is 36.4 Å². The molecule has 0 radical (unpaired) electrons. The summed E-state index contributed by atoms with van der Waals surface area (Å²) in [6.45, 7) is 0. The largest absolute Gasteiger partial charge is 0.326 e. The van der Waals surface area contributed by atoms with E-state index in [4.69, 9.17) is 0 Å². The van der Waals surface area contributed by atoms with Crippen LogP contribution < -0.4 is 10.6 Å². The number of fused-ring (bicyclic) bond motifs is 2. The van der Waals surface area contributed by atoms with E-state index in [1.807, 2.05) is 0 Å². The summed E-state index contributed by atoms with van der Waals surface area (Å²) in [4.78, 5) is 51.8. The van der Waals surface area contributed by atoms with Gasteiger partial charge in [-0.15, -0.1) is 0 Å². The molecule has 2 aromatic carbocycles. The maximum atomic E-state index is 13.4. The van der Waals surface area contributed by atoms with Crippen LogP contribution in [0.4, 0.5) is 11.4 Å². The predicted octanol–water partition coefficient (Wildman–Crippen LogP) is 5.50. The molecule has 6 nitrogen and oxygen atoms in total. The van der Waals surface area contributed by atoms with Crippen molar-refractivity contribution < 1.29 is 19.2 Å². The SMILES string of the molecule is O=C1c2ccc(NC(=O)C3CCCCC3)cc2C(=O)c2cc(NC(=O)C3CCCCC3)ccc21. The van der Waals surface area contributed by atoms with Gasteiger partial charge in [-0.1, -0.05) is 38.5 Å². The van der Waals surface area contributed by atoms with Crippen molar-refractivity contribution in [2.24, 2.45) is 11.8 Å². The molecule has 2 fully saturated rings. The van der Waals surface area contributed by atoms with Gasteiger partial charge in [-0.25, -0.2) is 0 Å². The number of benzene rings is 2. The summed E-state index contributed by atoms with van der Waals surface area (Å²) >= 11 is 0. The summed E-state index contributed by atoms with van der Waals surface area (Å²) < 4.78 is 0. The monoisotopic (exact) mass is 458 g/mol. The van der Waals surface area contributed by atoms with Crippen LogP contribution in [-0.4, -0.2) is 23.4 Å². The Balaban J connectivity index is 1.36. The van der Waals surface area contributed by atoms with Crippen LogP contribution in [0.5, 0.6) is 0 Å². The first kappa shape index (κ1) is 22.5. The van der Waals surface area contributed by atoms with Crippen molar-refractivity contribution in [1.82, 2.24) is 0 Å². The lowest BCUT2D eigenvalue weighted by atomic mass is 9.83. The second-order valence-electron chi connectivity index (χ2n) is 9.83. The van der Waals surface area contributed by atoms with Gasteiger partial charge in [-0.3, -0.25) is 19.2 Å². The van der Waals surface area contributed by atoms with Gasteiger partial charge in [0, 0.05) is 45.5 Å². The Morgan fingerprint density at radius 3 is 1.35 bits per heavy atom. The fourth-order valence-electron chi connectivity index (χ4n) is 5.52. The van der Waals surface area contributed by atoms with Crippen molar-refractivity contribution in [3.63, 3.8) is 0 Å². The quantitative estimate of drug-likeness (QED) is 0.540. The Bertz CT molecular complexity index is 1070. The molecule has 0 atom stereocenters. The number of hydrogen-bond acceptors (Lipinski definition) is 4. The molecule has 3 aliphatic carbocycles. The van der Waals surface area contributed by atoms with Crippen molar-refractivity contribution in [3.8, 4) is 0 Å². The number of amides is 2. The highest BCUT2D eigenvalue weighted by atomic mass is 16.2. The number of ketones is 2. The molecule has 0 aliphatic heterocycles. The highest BCUT2D eigenvalue weighted by Crippen LogP contribution is 2.32. The molecule has 0 bridgehead atoms. The molecule has 2 N–H and O–H groups in total. The summed E-state index contributed by atoms with van der Waals surface area (Å²) in [7, 11) is 0. The van der Waals surface area contributed by atoms with Gasteiger partial charge < -0.3 is 10.6 Å². The van der Waals surface area contributed by atoms with Gasteiger partial charge in [0.05, 0.1) is 0 Å². The highest BCUT2D eigenvalue weighted by molar-refractivity contribution is 6.29. The zero-order valence-electron chi connectivity index (χ0n) is 19.3. The average molecular weight is 459 g/mol. The van der Waals surface area contributed by atoms with E-state index >= 15 is 0 Å². The number of carbonyl (C=O) groups is 4. The Labute approximate surface area is 199 Å². The maximum absolute atomic E-state index is 13.4. The lowest BCUT2D eigenvalue weighted by molar-refractivity contribution is -0.121. The van der Waals surface area contributed by atoms with E-state index in [-0.39, 0.29) is 46.3 Å². The minimum atomic E-state index is -0.271. The molecule has 0 spiro atoms. The van der Waals surface area contributed by atoms with E-state index in [0.29, 0.717) is 22.5 Å². The van der Waals surface area contributed by atoms with Crippen LogP contribution in [0.2, 0.25) is 0 Å². The highest BCUT2D eigenvalue weighted by Gasteiger charge is 2.31. The molecule has 0 saturated heterocycles. The normalized spacial score (nSPS) is 18.7. The third-order valence-corrected chi connectivity index (χ3v) is 7.50. The molecule has 176 valence electrons. The molecular formula is C28H30N2O4. The molecule has 0 aromatic heterocycles. The van der Waals surface area contributed by atoms with E-state index in [9.17, 15) is 19.2 Å². The Morgan fingerprint density at radius 1 is 0.559 bits per heavy atom. The zero-order chi connectivity index (χ0) is 23.7. The third-order valence-electron chi connectivity index (χ3n) is 7.50. The molecule has 3 aliphatic rings. The number of hydrogen-bond donors (Lipinski definition) is 2. The number of anilines is 2. The minimum absolute atomic E-state index is 0.00169. The summed E-state index contributed by atoms with van der Waals surface area (Å²) in [6, 6.07) is 9.82. The predicted molar refractivity (Wildman–Crippen MR) is 130 cm³/mol. The van der Waals surface area contributed by atoms with Crippen LogP contribution in [0.15, 0.2) is 36.4 Å². The van der Waals surface area contributed by atoms with Crippen molar-refractivity contribution in [1.29, 1.82) is 0 Å². The standard InChI is InChI=1S/C28H30N2O4/c31-25-21-13-11-19(29-27(33)17-7-3-1-4-8-17)15-23(21)26(32)24-16-20(12-14-22(24)25)30-28(34)18-9-5-2-6-10-18/h11-18H,1-10H2,(H,29,33)(H,30,34). The fraction of sp³-hybridized carbons (Fsp3) is 0.429. The molecule has 6 heteroatoms. The second kappa shape index (κ2) is 9.53. The van der Waals surface area contributed by atoms with E-state index in [0.717, 1.165) is 51.4 Å². The molecule has 34 heavy (non-hydrogen) atoms. The molecule has 2 aromatic rings. The van der Waals surface area contributed by atoms with E-state index in [1.165, 1.54) is 12.8 Å². The summed E-state index contributed by atoms with van der Waals surface area (Å²) in [5, 5.41) is 5.87. The smallest absolute Gasteiger partial charge is 0.227 e. The summed E-state index contributed by atoms with van der Waals surface area (Å²) in [6.07, 6.45) is 10.1. The maximum Gasteiger partial charge on any atom is 0.227 e. The lowest BCUT2D eigenvalue weighted by Gasteiger charge is -2.23. The van der Waals surface area contributed by atoms with Crippen LogP contribution in [-0.2, 0) is 9.59 Å². The first-order chi connectivity index (χ1) is 16.5. The third kappa shape index (κ3) is 4.41. The number of carbonyl (C=O) groups excluding carboxylic acids is 4. The van der Waals surface area contributed by atoms with Crippen molar-refractivity contribution >= 4 is 34.8 Å². The molecule has 0 heterocycles. The van der Waals surface area contributed by atoms with Crippen LogP contribution in [0.25, 0.3) is 0 Å². The Kier molecular flexibility index (Phi) is 6.31.